The van der Waals surface area contributed by atoms with Crippen molar-refractivity contribution in [1.29, 1.82) is 0 Å². The summed E-state index contributed by atoms with van der Waals surface area (Å²) in [6.07, 6.45) is 2.41. The molecule has 1 heterocycles. The summed E-state index contributed by atoms with van der Waals surface area (Å²) >= 11 is 0. The second-order valence-corrected chi connectivity index (χ2v) is 4.61. The van der Waals surface area contributed by atoms with Gasteiger partial charge in [0.15, 0.2) is 0 Å². The number of likely N-dealkylation sites (tertiary alicyclic amines) is 1. The van der Waals surface area contributed by atoms with Gasteiger partial charge in [-0.05, 0) is 25.1 Å². The first-order chi connectivity index (χ1) is 8.17. The maximum Gasteiger partial charge on any atom is 0.128 e. The molecule has 0 amide bonds. The average molecular weight is 240 g/mol. The third kappa shape index (κ3) is 3.40. The number of nitrogens with one attached hydrogen (secondary N) is 1. The van der Waals surface area contributed by atoms with Crippen LogP contribution >= 0.6 is 0 Å². The lowest BCUT2D eigenvalue weighted by molar-refractivity contribution is 0.159. The zero-order chi connectivity index (χ0) is 12.3. The van der Waals surface area contributed by atoms with E-state index in [-0.39, 0.29) is 0 Å². The van der Waals surface area contributed by atoms with Gasteiger partial charge < -0.3 is 5.32 Å². The molecule has 1 saturated heterocycles. The van der Waals surface area contributed by atoms with Crippen LogP contribution in [0.4, 0.5) is 14.5 Å². The summed E-state index contributed by atoms with van der Waals surface area (Å²) in [5.41, 5.74) is 0.530. The molecule has 94 valence electrons. The Morgan fingerprint density at radius 3 is 2.47 bits per heavy atom. The third-order valence-electron chi connectivity index (χ3n) is 3.02. The van der Waals surface area contributed by atoms with Gasteiger partial charge in [-0.2, -0.15) is 0 Å². The van der Waals surface area contributed by atoms with E-state index in [0.29, 0.717) is 11.7 Å². The number of benzene rings is 1. The van der Waals surface area contributed by atoms with Gasteiger partial charge in [0.05, 0.1) is 6.04 Å². The average Bonchev–Trinajstić information content (AvgIpc) is 2.19. The first kappa shape index (κ1) is 12.3. The van der Waals surface area contributed by atoms with Crippen molar-refractivity contribution in [3.63, 3.8) is 0 Å². The number of hydrogen-bond donors (Lipinski definition) is 1. The molecule has 0 unspecified atom stereocenters. The Hall–Kier alpha value is -1.16. The van der Waals surface area contributed by atoms with E-state index in [2.05, 4.69) is 17.1 Å². The molecule has 17 heavy (non-hydrogen) atoms. The first-order valence-corrected chi connectivity index (χ1v) is 6.12. The fraction of sp³-hybridized carbons (Fsp3) is 0.538. The lowest BCUT2D eigenvalue weighted by Crippen LogP contribution is -2.54. The van der Waals surface area contributed by atoms with Crippen molar-refractivity contribution in [3.05, 3.63) is 29.8 Å². The van der Waals surface area contributed by atoms with Gasteiger partial charge in [-0.1, -0.05) is 13.3 Å². The lowest BCUT2D eigenvalue weighted by Gasteiger charge is -2.40. The highest BCUT2D eigenvalue weighted by Gasteiger charge is 2.25. The standard InChI is InChI=1S/C13H18F2N2/c1-2-3-4-17-8-13(9-17)16-12-6-10(14)5-11(15)7-12/h5-7,13,16H,2-4,8-9H2,1H3. The first-order valence-electron chi connectivity index (χ1n) is 6.12. The molecule has 0 saturated carbocycles. The monoisotopic (exact) mass is 240 g/mol. The minimum atomic E-state index is -0.533. The van der Waals surface area contributed by atoms with Crippen molar-refractivity contribution in [1.82, 2.24) is 4.90 Å². The van der Waals surface area contributed by atoms with Gasteiger partial charge in [0.1, 0.15) is 11.6 Å². The van der Waals surface area contributed by atoms with Gasteiger partial charge in [-0.15, -0.1) is 0 Å². The van der Waals surface area contributed by atoms with Crippen LogP contribution in [0.5, 0.6) is 0 Å². The Labute approximate surface area is 101 Å². The number of hydrogen-bond acceptors (Lipinski definition) is 2. The SMILES string of the molecule is CCCCN1CC(Nc2cc(F)cc(F)c2)C1. The molecule has 0 aliphatic carbocycles. The second-order valence-electron chi connectivity index (χ2n) is 4.61. The molecule has 2 rings (SSSR count). The van der Waals surface area contributed by atoms with E-state index in [1.807, 2.05) is 0 Å². The van der Waals surface area contributed by atoms with Crippen LogP contribution in [0.3, 0.4) is 0 Å². The Morgan fingerprint density at radius 2 is 1.88 bits per heavy atom. The molecule has 0 radical (unpaired) electrons. The minimum Gasteiger partial charge on any atom is -0.380 e. The molecule has 4 heteroatoms. The van der Waals surface area contributed by atoms with Gasteiger partial charge in [-0.3, -0.25) is 4.90 Å². The molecule has 1 aromatic rings. The molecule has 1 aromatic carbocycles. The van der Waals surface area contributed by atoms with Crippen LogP contribution in [-0.4, -0.2) is 30.6 Å². The van der Waals surface area contributed by atoms with Gasteiger partial charge in [-0.25, -0.2) is 8.78 Å². The van der Waals surface area contributed by atoms with E-state index >= 15 is 0 Å². The summed E-state index contributed by atoms with van der Waals surface area (Å²) in [4.78, 5) is 2.34. The summed E-state index contributed by atoms with van der Waals surface area (Å²) in [6.45, 7) is 5.20. The highest BCUT2D eigenvalue weighted by molar-refractivity contribution is 5.45. The van der Waals surface area contributed by atoms with Crippen LogP contribution in [-0.2, 0) is 0 Å². The van der Waals surface area contributed by atoms with Crippen LogP contribution in [0, 0.1) is 11.6 Å². The van der Waals surface area contributed by atoms with Gasteiger partial charge >= 0.3 is 0 Å². The number of rotatable bonds is 5. The van der Waals surface area contributed by atoms with Crippen LogP contribution < -0.4 is 5.32 Å². The maximum absolute atomic E-state index is 13.0. The van der Waals surface area contributed by atoms with Crippen molar-refractivity contribution in [2.24, 2.45) is 0 Å². The summed E-state index contributed by atoms with van der Waals surface area (Å²) in [6, 6.07) is 3.86. The van der Waals surface area contributed by atoms with Gasteiger partial charge in [0.25, 0.3) is 0 Å². The molecule has 0 spiro atoms. The van der Waals surface area contributed by atoms with Crippen molar-refractivity contribution in [3.8, 4) is 0 Å². The smallest absolute Gasteiger partial charge is 0.128 e. The highest BCUT2D eigenvalue weighted by atomic mass is 19.1. The summed E-state index contributed by atoms with van der Waals surface area (Å²) < 4.78 is 25.9. The fourth-order valence-corrected chi connectivity index (χ4v) is 2.10. The molecule has 1 fully saturated rings. The zero-order valence-corrected chi connectivity index (χ0v) is 10.0. The normalized spacial score (nSPS) is 16.9. The maximum atomic E-state index is 13.0. The zero-order valence-electron chi connectivity index (χ0n) is 10.0. The quantitative estimate of drug-likeness (QED) is 0.851. The Kier molecular flexibility index (Phi) is 3.94. The molecule has 1 aliphatic rings. The van der Waals surface area contributed by atoms with Crippen molar-refractivity contribution in [2.45, 2.75) is 25.8 Å². The van der Waals surface area contributed by atoms with Crippen LogP contribution in [0.15, 0.2) is 18.2 Å². The summed E-state index contributed by atoms with van der Waals surface area (Å²) in [7, 11) is 0. The van der Waals surface area contributed by atoms with E-state index in [1.165, 1.54) is 25.0 Å². The minimum absolute atomic E-state index is 0.313. The number of nitrogens with zero attached hydrogens (tertiary/aromatic N) is 1. The van der Waals surface area contributed by atoms with Crippen molar-refractivity contribution >= 4 is 5.69 Å². The van der Waals surface area contributed by atoms with Gasteiger partial charge in [0.2, 0.25) is 0 Å². The topological polar surface area (TPSA) is 15.3 Å². The number of anilines is 1. The summed E-state index contributed by atoms with van der Waals surface area (Å²) in [5, 5.41) is 3.14. The highest BCUT2D eigenvalue weighted by Crippen LogP contribution is 2.18. The van der Waals surface area contributed by atoms with E-state index in [9.17, 15) is 8.78 Å². The van der Waals surface area contributed by atoms with Crippen molar-refractivity contribution < 1.29 is 8.78 Å². The number of unbranched alkanes of at least 4 members (excludes halogenated alkanes) is 1. The van der Waals surface area contributed by atoms with E-state index in [0.717, 1.165) is 25.7 Å². The lowest BCUT2D eigenvalue weighted by atomic mass is 10.1. The van der Waals surface area contributed by atoms with E-state index < -0.39 is 11.6 Å². The molecule has 1 N–H and O–H groups in total. The second kappa shape index (κ2) is 5.45. The molecular formula is C13H18F2N2. The Morgan fingerprint density at radius 1 is 1.24 bits per heavy atom. The predicted octanol–water partition coefficient (Wildman–Crippen LogP) is 2.86. The van der Waals surface area contributed by atoms with Crippen LogP contribution in [0.2, 0.25) is 0 Å². The van der Waals surface area contributed by atoms with E-state index in [4.69, 9.17) is 0 Å². The number of halogens is 2. The van der Waals surface area contributed by atoms with Crippen LogP contribution in [0.1, 0.15) is 19.8 Å². The predicted molar refractivity (Wildman–Crippen MR) is 65.1 cm³/mol. The van der Waals surface area contributed by atoms with Crippen LogP contribution in [0.25, 0.3) is 0 Å². The Bertz CT molecular complexity index is 355. The molecule has 0 atom stereocenters. The molecule has 2 nitrogen and oxygen atoms in total. The van der Waals surface area contributed by atoms with Gasteiger partial charge in [0, 0.05) is 24.8 Å². The summed E-state index contributed by atoms with van der Waals surface area (Å²) in [5.74, 6) is -1.07. The van der Waals surface area contributed by atoms with Crippen molar-refractivity contribution in [2.75, 3.05) is 25.0 Å². The third-order valence-corrected chi connectivity index (χ3v) is 3.02. The molecule has 1 aliphatic heterocycles. The molecule has 0 aromatic heterocycles. The largest absolute Gasteiger partial charge is 0.380 e. The Balaban J connectivity index is 1.79. The molecular weight excluding hydrogens is 222 g/mol. The fourth-order valence-electron chi connectivity index (χ4n) is 2.10. The van der Waals surface area contributed by atoms with E-state index in [1.54, 1.807) is 0 Å². The molecule has 0 bridgehead atoms.